The van der Waals surface area contributed by atoms with Gasteiger partial charge in [-0.2, -0.15) is 0 Å². The molecular formula is C16H20N2. The van der Waals surface area contributed by atoms with E-state index < -0.39 is 0 Å². The van der Waals surface area contributed by atoms with E-state index in [0.29, 0.717) is 0 Å². The molecule has 0 fully saturated rings. The number of hydrogen-bond acceptors (Lipinski definition) is 2. The van der Waals surface area contributed by atoms with Crippen LogP contribution in [0, 0.1) is 13.8 Å². The summed E-state index contributed by atoms with van der Waals surface area (Å²) in [4.78, 5) is 0. The number of hydrogen-bond donors (Lipinski definition) is 2. The van der Waals surface area contributed by atoms with Gasteiger partial charge in [0, 0.05) is 0 Å². The summed E-state index contributed by atoms with van der Waals surface area (Å²) in [7, 11) is 0. The van der Waals surface area contributed by atoms with Crippen molar-refractivity contribution in [3.05, 3.63) is 70.8 Å². The van der Waals surface area contributed by atoms with Crippen molar-refractivity contribution < 1.29 is 0 Å². The van der Waals surface area contributed by atoms with Gasteiger partial charge in [0.15, 0.2) is 0 Å². The van der Waals surface area contributed by atoms with Gasteiger partial charge in [-0.1, -0.05) is 54.1 Å². The van der Waals surface area contributed by atoms with Crippen LogP contribution in [0.4, 0.5) is 0 Å². The standard InChI is InChI=1S/C16H20N2/c1-12-8-9-13(2)15(10-12)16(18-17)11-14-6-4-3-5-7-14/h3-10,16,18H,11,17H2,1-2H3. The van der Waals surface area contributed by atoms with Gasteiger partial charge >= 0.3 is 0 Å². The first-order valence-electron chi connectivity index (χ1n) is 6.28. The minimum Gasteiger partial charge on any atom is -0.271 e. The van der Waals surface area contributed by atoms with Gasteiger partial charge in [-0.25, -0.2) is 0 Å². The third-order valence-corrected chi connectivity index (χ3v) is 3.29. The smallest absolute Gasteiger partial charge is 0.0503 e. The zero-order valence-electron chi connectivity index (χ0n) is 11.0. The largest absolute Gasteiger partial charge is 0.271 e. The minimum absolute atomic E-state index is 0.160. The van der Waals surface area contributed by atoms with Crippen LogP contribution in [0.1, 0.15) is 28.3 Å². The van der Waals surface area contributed by atoms with Gasteiger partial charge in [0.25, 0.3) is 0 Å². The summed E-state index contributed by atoms with van der Waals surface area (Å²) >= 11 is 0. The molecule has 0 saturated carbocycles. The number of benzene rings is 2. The number of nitrogens with two attached hydrogens (primary N) is 1. The Kier molecular flexibility index (Phi) is 4.13. The molecule has 0 aliphatic heterocycles. The Morgan fingerprint density at radius 3 is 2.44 bits per heavy atom. The van der Waals surface area contributed by atoms with E-state index in [-0.39, 0.29) is 6.04 Å². The number of aryl methyl sites for hydroxylation is 2. The zero-order chi connectivity index (χ0) is 13.0. The lowest BCUT2D eigenvalue weighted by Crippen LogP contribution is -2.30. The fraction of sp³-hybridized carbons (Fsp3) is 0.250. The molecule has 1 unspecified atom stereocenters. The van der Waals surface area contributed by atoms with E-state index in [2.05, 4.69) is 61.7 Å². The van der Waals surface area contributed by atoms with E-state index in [9.17, 15) is 0 Å². The summed E-state index contributed by atoms with van der Waals surface area (Å²) in [6.45, 7) is 4.24. The highest BCUT2D eigenvalue weighted by Crippen LogP contribution is 2.22. The molecule has 18 heavy (non-hydrogen) atoms. The second kappa shape index (κ2) is 5.80. The first-order valence-corrected chi connectivity index (χ1v) is 6.28. The van der Waals surface area contributed by atoms with Crippen LogP contribution in [-0.4, -0.2) is 0 Å². The number of hydrazine groups is 1. The van der Waals surface area contributed by atoms with E-state index >= 15 is 0 Å². The molecule has 2 aromatic carbocycles. The normalized spacial score (nSPS) is 12.4. The van der Waals surface area contributed by atoms with Crippen molar-refractivity contribution in [3.8, 4) is 0 Å². The molecular weight excluding hydrogens is 220 g/mol. The van der Waals surface area contributed by atoms with Crippen LogP contribution in [0.3, 0.4) is 0 Å². The van der Waals surface area contributed by atoms with Crippen molar-refractivity contribution in [2.45, 2.75) is 26.3 Å². The second-order valence-electron chi connectivity index (χ2n) is 4.77. The van der Waals surface area contributed by atoms with Crippen molar-refractivity contribution in [1.29, 1.82) is 0 Å². The average Bonchev–Trinajstić information content (AvgIpc) is 2.40. The lowest BCUT2D eigenvalue weighted by Gasteiger charge is -2.19. The van der Waals surface area contributed by atoms with Crippen molar-refractivity contribution >= 4 is 0 Å². The quantitative estimate of drug-likeness (QED) is 0.636. The zero-order valence-corrected chi connectivity index (χ0v) is 11.0. The molecule has 2 aromatic rings. The maximum absolute atomic E-state index is 5.72. The average molecular weight is 240 g/mol. The number of rotatable bonds is 4. The first-order chi connectivity index (χ1) is 8.70. The maximum Gasteiger partial charge on any atom is 0.0503 e. The Hall–Kier alpha value is -1.64. The highest BCUT2D eigenvalue weighted by atomic mass is 15.2. The molecule has 0 spiro atoms. The molecule has 2 rings (SSSR count). The van der Waals surface area contributed by atoms with Gasteiger partial charge in [0.1, 0.15) is 0 Å². The summed E-state index contributed by atoms with van der Waals surface area (Å²) in [5.41, 5.74) is 8.05. The predicted molar refractivity (Wildman–Crippen MR) is 76.1 cm³/mol. The molecule has 2 nitrogen and oxygen atoms in total. The van der Waals surface area contributed by atoms with Crippen molar-refractivity contribution in [2.75, 3.05) is 0 Å². The van der Waals surface area contributed by atoms with Crippen molar-refractivity contribution in [1.82, 2.24) is 5.43 Å². The molecule has 2 heteroatoms. The molecule has 1 atom stereocenters. The van der Waals surface area contributed by atoms with E-state index in [1.807, 2.05) is 6.07 Å². The first kappa shape index (κ1) is 12.8. The van der Waals surface area contributed by atoms with E-state index in [1.165, 1.54) is 22.3 Å². The van der Waals surface area contributed by atoms with Crippen LogP contribution in [0.25, 0.3) is 0 Å². The highest BCUT2D eigenvalue weighted by molar-refractivity contribution is 5.34. The third kappa shape index (κ3) is 2.97. The van der Waals surface area contributed by atoms with E-state index in [4.69, 9.17) is 5.84 Å². The molecule has 0 bridgehead atoms. The Labute approximate surface area is 109 Å². The fourth-order valence-electron chi connectivity index (χ4n) is 2.24. The monoisotopic (exact) mass is 240 g/mol. The Morgan fingerprint density at radius 1 is 1.06 bits per heavy atom. The van der Waals surface area contributed by atoms with Gasteiger partial charge in [0.05, 0.1) is 6.04 Å². The van der Waals surface area contributed by atoms with Crippen LogP contribution in [0.5, 0.6) is 0 Å². The lowest BCUT2D eigenvalue weighted by molar-refractivity contribution is 0.549. The Balaban J connectivity index is 2.26. The summed E-state index contributed by atoms with van der Waals surface area (Å²) in [5, 5.41) is 0. The minimum atomic E-state index is 0.160. The predicted octanol–water partition coefficient (Wildman–Crippen LogP) is 3.05. The van der Waals surface area contributed by atoms with Crippen LogP contribution < -0.4 is 11.3 Å². The number of nitrogens with one attached hydrogen (secondary N) is 1. The highest BCUT2D eigenvalue weighted by Gasteiger charge is 2.12. The maximum atomic E-state index is 5.72. The summed E-state index contributed by atoms with van der Waals surface area (Å²) in [6.07, 6.45) is 0.904. The molecule has 0 radical (unpaired) electrons. The van der Waals surface area contributed by atoms with Crippen LogP contribution >= 0.6 is 0 Å². The molecule has 94 valence electrons. The van der Waals surface area contributed by atoms with Gasteiger partial charge in [-0.3, -0.25) is 11.3 Å². The fourth-order valence-corrected chi connectivity index (χ4v) is 2.24. The van der Waals surface area contributed by atoms with Crippen LogP contribution in [-0.2, 0) is 6.42 Å². The second-order valence-corrected chi connectivity index (χ2v) is 4.77. The third-order valence-electron chi connectivity index (χ3n) is 3.29. The van der Waals surface area contributed by atoms with E-state index in [0.717, 1.165) is 6.42 Å². The van der Waals surface area contributed by atoms with Crippen molar-refractivity contribution in [2.24, 2.45) is 5.84 Å². The van der Waals surface area contributed by atoms with Gasteiger partial charge < -0.3 is 0 Å². The molecule has 0 aromatic heterocycles. The summed E-state index contributed by atoms with van der Waals surface area (Å²) in [6, 6.07) is 17.1. The topological polar surface area (TPSA) is 38.0 Å². The molecule has 0 amide bonds. The molecule has 0 saturated heterocycles. The van der Waals surface area contributed by atoms with Gasteiger partial charge in [0.2, 0.25) is 0 Å². The van der Waals surface area contributed by atoms with Crippen LogP contribution in [0.2, 0.25) is 0 Å². The van der Waals surface area contributed by atoms with Crippen molar-refractivity contribution in [3.63, 3.8) is 0 Å². The van der Waals surface area contributed by atoms with Gasteiger partial charge in [-0.05, 0) is 37.0 Å². The van der Waals surface area contributed by atoms with Gasteiger partial charge in [-0.15, -0.1) is 0 Å². The Bertz CT molecular complexity index is 506. The Morgan fingerprint density at radius 2 is 1.78 bits per heavy atom. The molecule has 0 heterocycles. The molecule has 0 aliphatic rings. The van der Waals surface area contributed by atoms with E-state index in [1.54, 1.807) is 0 Å². The lowest BCUT2D eigenvalue weighted by atomic mass is 9.94. The molecule has 3 N–H and O–H groups in total. The van der Waals surface area contributed by atoms with Crippen LogP contribution in [0.15, 0.2) is 48.5 Å². The molecule has 0 aliphatic carbocycles. The summed E-state index contributed by atoms with van der Waals surface area (Å²) < 4.78 is 0. The SMILES string of the molecule is Cc1ccc(C)c(C(Cc2ccccc2)NN)c1. The summed E-state index contributed by atoms with van der Waals surface area (Å²) in [5.74, 6) is 5.72.